The molecule has 7 aliphatic rings. The summed E-state index contributed by atoms with van der Waals surface area (Å²) < 4.78 is 111. The predicted octanol–water partition coefficient (Wildman–Crippen LogP) is 2.40. The van der Waals surface area contributed by atoms with Crippen LogP contribution in [0.5, 0.6) is 0 Å². The summed E-state index contributed by atoms with van der Waals surface area (Å²) in [4.78, 5) is 90.1. The summed E-state index contributed by atoms with van der Waals surface area (Å²) in [6.45, 7) is -15.8. The molecule has 6 fully saturated rings. The van der Waals surface area contributed by atoms with Gasteiger partial charge in [0.25, 0.3) is 17.7 Å². The van der Waals surface area contributed by atoms with Crippen LogP contribution in [0.15, 0.2) is 46.2 Å². The molecule has 14 rings (SSSR count). The van der Waals surface area contributed by atoms with Crippen LogP contribution in [0, 0.1) is 11.8 Å². The molecular formula is C46H58F2N18O17P4S4. The number of Topliss-reactive ketones (excluding diaryl/α,β-unsaturated/α-hetero) is 1. The van der Waals surface area contributed by atoms with Crippen molar-refractivity contribution in [3.63, 3.8) is 0 Å². The first-order valence-corrected chi connectivity index (χ1v) is 38.7. The second-order valence-corrected chi connectivity index (χ2v) is 36.1. The van der Waals surface area contributed by atoms with Gasteiger partial charge in [0.15, 0.2) is 95.5 Å². The molecule has 0 amide bonds. The molecule has 0 aromatic carbocycles. The Morgan fingerprint density at radius 1 is 0.626 bits per heavy atom. The lowest BCUT2D eigenvalue weighted by Gasteiger charge is -2.29. The molecule has 0 saturated carbocycles. The highest BCUT2D eigenvalue weighted by Crippen LogP contribution is 2.62. The molecule has 7 aromatic rings. The summed E-state index contributed by atoms with van der Waals surface area (Å²) in [5.74, 6) is -2.18. The van der Waals surface area contributed by atoms with E-state index in [2.05, 4.69) is 104 Å². The summed E-state index contributed by atoms with van der Waals surface area (Å²) in [5, 5.41) is 22.6. The van der Waals surface area contributed by atoms with Crippen LogP contribution in [0.2, 0.25) is 0 Å². The monoisotopic (exact) mass is 1420 g/mol. The fourth-order valence-electron chi connectivity index (χ4n) is 11.5. The van der Waals surface area contributed by atoms with Gasteiger partial charge in [-0.2, -0.15) is 9.97 Å². The van der Waals surface area contributed by atoms with Crippen molar-refractivity contribution in [2.75, 3.05) is 56.0 Å². The van der Waals surface area contributed by atoms with E-state index in [4.69, 9.17) is 75.1 Å². The number of nitrogens with zero attached hydrogens (tertiary/aromatic N) is 13. The summed E-state index contributed by atoms with van der Waals surface area (Å²) >= 11 is 18.7. The van der Waals surface area contributed by atoms with Crippen molar-refractivity contribution in [1.82, 2.24) is 68.1 Å². The van der Waals surface area contributed by atoms with Gasteiger partial charge >= 0.3 is 0 Å². The molecular weight excluding hydrogens is 1370 g/mol. The number of carbonyl (C=O) groups excluding carboxylic acids is 1. The van der Waals surface area contributed by atoms with Crippen LogP contribution in [-0.4, -0.2) is 208 Å². The molecule has 0 radical (unpaired) electrons. The van der Waals surface area contributed by atoms with Gasteiger partial charge in [-0.1, -0.05) is 44.2 Å². The number of H-pyrrole nitrogens is 2. The van der Waals surface area contributed by atoms with E-state index in [1.807, 2.05) is 0 Å². The molecule has 0 spiro atoms. The van der Waals surface area contributed by atoms with Crippen LogP contribution in [0.3, 0.4) is 0 Å². The topological polar surface area (TPSA) is 466 Å². The number of hydrogen-bond acceptors (Lipinski definition) is 31. The van der Waals surface area contributed by atoms with Crippen LogP contribution in [0.4, 0.5) is 32.3 Å². The minimum atomic E-state index is -3.85. The number of nitrogen functional groups attached to an aromatic ring is 3. The Morgan fingerprint density at radius 2 is 1.09 bits per heavy atom. The maximum absolute atomic E-state index is 16.1. The summed E-state index contributed by atoms with van der Waals surface area (Å²) in [5.41, 5.74) is 16.9. The van der Waals surface area contributed by atoms with Gasteiger partial charge in [0.1, 0.15) is 60.9 Å². The number of nitrogens with one attached hydrogen (secondary N) is 2. The molecule has 11 N–H and O–H groups in total. The van der Waals surface area contributed by atoms with Crippen LogP contribution in [0.25, 0.3) is 33.5 Å². The van der Waals surface area contributed by atoms with Gasteiger partial charge in [-0.05, 0) is 24.4 Å². The molecule has 4 bridgehead atoms. The highest BCUT2D eigenvalue weighted by Gasteiger charge is 2.55. The Kier molecular flexibility index (Phi) is 18.2. The van der Waals surface area contributed by atoms with Gasteiger partial charge in [0, 0.05) is 36.8 Å². The fraction of sp³-hybridized carbons (Fsp3) is 0.522. The Morgan fingerprint density at radius 3 is 1.64 bits per heavy atom. The van der Waals surface area contributed by atoms with Crippen molar-refractivity contribution in [2.45, 2.75) is 99.9 Å². The van der Waals surface area contributed by atoms with Gasteiger partial charge in [-0.3, -0.25) is 47.2 Å². The van der Waals surface area contributed by atoms with E-state index in [1.165, 1.54) is 56.1 Å². The Balaban J connectivity index is 0.000000174. The van der Waals surface area contributed by atoms with Crippen LogP contribution in [-0.2, 0) is 62.5 Å². The van der Waals surface area contributed by atoms with E-state index in [9.17, 15) is 34.1 Å². The smallest absolute Gasteiger partial charge is 0.280 e. The third kappa shape index (κ3) is 12.7. The van der Waals surface area contributed by atoms with Crippen molar-refractivity contribution < 1.29 is 79.3 Å². The van der Waals surface area contributed by atoms with E-state index in [1.54, 1.807) is 0 Å². The van der Waals surface area contributed by atoms with E-state index in [0.717, 1.165) is 0 Å². The molecule has 45 heteroatoms. The first-order valence-electron chi connectivity index (χ1n) is 26.9. The lowest BCUT2D eigenvalue weighted by atomic mass is 10.0. The van der Waals surface area contributed by atoms with Crippen LogP contribution < -0.4 is 28.3 Å². The van der Waals surface area contributed by atoms with Crippen molar-refractivity contribution >= 4 is 156 Å². The van der Waals surface area contributed by atoms with E-state index in [0.29, 0.717) is 0 Å². The Bertz CT molecular complexity index is 4360. The van der Waals surface area contributed by atoms with Gasteiger partial charge in [0.05, 0.1) is 63.9 Å². The average molecular weight is 1430 g/mol. The van der Waals surface area contributed by atoms with Crippen LogP contribution in [0.1, 0.15) is 49.2 Å². The summed E-state index contributed by atoms with van der Waals surface area (Å²) in [7, 11) is 0. The number of imidazole rings is 4. The highest BCUT2D eigenvalue weighted by molar-refractivity contribution is 8.48. The number of alkyl halides is 2. The quantitative estimate of drug-likeness (QED) is 0.0890. The number of ketones is 1. The number of carbonyl (C=O) groups is 1. The zero-order valence-electron chi connectivity index (χ0n) is 46.0. The van der Waals surface area contributed by atoms with E-state index < -0.39 is 148 Å². The summed E-state index contributed by atoms with van der Waals surface area (Å²) in [6.07, 6.45) is -2.84. The molecule has 6 saturated heterocycles. The average Bonchev–Trinajstić information content (AvgIpc) is 1.76. The number of ether oxygens (including phenoxy) is 4. The Labute approximate surface area is 531 Å². The van der Waals surface area contributed by atoms with Crippen molar-refractivity contribution in [2.24, 2.45) is 16.8 Å². The maximum Gasteiger partial charge on any atom is 0.280 e. The van der Waals surface area contributed by atoms with Crippen LogP contribution >= 0.6 is 62.9 Å². The molecule has 4 unspecified atom stereocenters. The van der Waals surface area contributed by atoms with Gasteiger partial charge in [-0.15, -0.1) is 0 Å². The number of aliphatic imine (C=N–C) groups is 1. The highest BCUT2D eigenvalue weighted by atomic mass is 32.7. The molecule has 7 aliphatic heterocycles. The number of aliphatic hydroxyl groups is 2. The second-order valence-electron chi connectivity index (χ2n) is 21.6. The number of hydrogen-bond donors (Lipinski definition) is 11. The minimum absolute atomic E-state index is 0. The number of rotatable bonds is 4. The molecule has 0 aliphatic carbocycles. The number of anilines is 3. The number of aromatic amines is 2. The van der Waals surface area contributed by atoms with E-state index in [-0.39, 0.29) is 108 Å². The normalized spacial score (nSPS) is 37.8. The van der Waals surface area contributed by atoms with E-state index >= 15 is 8.78 Å². The standard InChI is InChI=1S/C23H27FN8O9P2S2.C22H27FN10O8P2S2.CH4/c1-42(44)37-4-11-16(34)9(21(39-11)32-8-28-15-19(32)29-23(25)30-20(15)35)6-43(36,45)38-5-12-17(41-42)13(24)22(40-12)31-7-27-14-10(33)2-3-26-18(14)31;1-42(44)37-2-9-14(34)8(20(39-9)33-7-29-13-18(33)30-22(25)31-19(13)35)4-43(36,45)38-3-10-15(41-42)11(23)21(40-10)32-6-28-12-16(24)26-5-27-17(12)32;/h3,7-9,11-13,16-17,21-22,34,44H,1-2,4-6H2,(H,36,45)(H3,25,29,30,35);5-11,14-15,20-21,34,44H,1-4H2,(H,36,45)(H2,24,26,27)(H3,25,30,31,35);1H4/t9-,11-,12-,13+,16+,17-,21-,22-,42?,43?;8-,9-,10-,11+,14+,15-,20-,21-,42?,43?;/m11./s1. The number of aliphatic hydroxyl groups excluding tert-OH is 2. The number of halogens is 2. The Hall–Kier alpha value is -4.93. The summed E-state index contributed by atoms with van der Waals surface area (Å²) in [6, 6.07) is 0. The van der Waals surface area contributed by atoms with Gasteiger partial charge < -0.3 is 78.4 Å². The number of aromatic nitrogens is 14. The fourth-order valence-corrected chi connectivity index (χ4v) is 19.0. The minimum Gasteiger partial charge on any atom is -0.390 e. The lowest BCUT2D eigenvalue weighted by Crippen LogP contribution is -2.34. The predicted molar refractivity (Wildman–Crippen MR) is 338 cm³/mol. The van der Waals surface area contributed by atoms with Crippen molar-refractivity contribution in [1.29, 1.82) is 0 Å². The SMILES string of the molecule is C.C=P1(S)OC[C@H]2O[C@@H](n3cnc4c(=O)[nH]c(N)nc43)[C@H](CP(=O)(S)OC[C@H]3O[C@@H](n4cnc5c(N)ncnc54)[C@@H](F)[C@@H]3O1)[C@@H]2O.C=P1(S)OC[C@H]2O[C@@H](n3cnc4c(=O)[nH]c(N)nc43)[C@H](CP(O)(=S)OC[C@H]3O[C@@H](n4cnc5c4N=CCC5=O)[C@@H](F)[C@@H]3O1)[C@@H]2O. The molecule has 20 atom stereocenters. The maximum atomic E-state index is 16.1. The third-order valence-corrected chi connectivity index (χ3v) is 23.6. The number of fused-ring (bicyclic) bond motifs is 10. The third-order valence-electron chi connectivity index (χ3n) is 15.7. The van der Waals surface area contributed by atoms with Gasteiger partial charge in [-0.25, -0.2) is 43.7 Å². The van der Waals surface area contributed by atoms with Gasteiger partial charge in [0.2, 0.25) is 11.9 Å². The number of thiol groups is 3. The van der Waals surface area contributed by atoms with Crippen molar-refractivity contribution in [3.05, 3.63) is 58.0 Å². The number of nitrogens with two attached hydrogens (primary N) is 3. The zero-order chi connectivity index (χ0) is 63.7. The first kappa shape index (κ1) is 66.1. The lowest BCUT2D eigenvalue weighted by molar-refractivity contribution is -0.0466. The molecule has 91 heavy (non-hydrogen) atoms. The van der Waals surface area contributed by atoms with Crippen molar-refractivity contribution in [3.8, 4) is 0 Å². The molecule has 14 heterocycles. The zero-order valence-corrected chi connectivity index (χ0v) is 53.0. The molecule has 492 valence electrons. The largest absolute Gasteiger partial charge is 0.390 e. The molecule has 35 nitrogen and oxygen atoms in total. The first-order chi connectivity index (χ1) is 42.6. The second kappa shape index (κ2) is 25.0. The molecule has 7 aromatic heterocycles.